The molecule has 0 aromatic heterocycles. The number of carbonyl (C=O) groups excluding carboxylic acids is 2. The van der Waals surface area contributed by atoms with Gasteiger partial charge in [-0.15, -0.1) is 0 Å². The van der Waals surface area contributed by atoms with Crippen LogP contribution in [0.15, 0.2) is 36.4 Å². The van der Waals surface area contributed by atoms with Crippen molar-refractivity contribution >= 4 is 17.4 Å². The summed E-state index contributed by atoms with van der Waals surface area (Å²) in [7, 11) is 0. The Balaban J connectivity index is 2.04. The highest BCUT2D eigenvalue weighted by atomic mass is 16.6. The van der Waals surface area contributed by atoms with Crippen molar-refractivity contribution in [3.05, 3.63) is 74.3 Å². The number of Topliss-reactive ketones (excluding diaryl/α,β-unsaturated/α-hetero) is 1. The Labute approximate surface area is 139 Å². The van der Waals surface area contributed by atoms with Crippen LogP contribution in [0.5, 0.6) is 0 Å². The fourth-order valence-corrected chi connectivity index (χ4v) is 2.27. The number of hydrogen-bond acceptors (Lipinski definition) is 5. The van der Waals surface area contributed by atoms with E-state index in [1.165, 1.54) is 24.3 Å². The third-order valence-corrected chi connectivity index (χ3v) is 3.79. The normalized spacial score (nSPS) is 10.3. The van der Waals surface area contributed by atoms with E-state index in [1.807, 2.05) is 26.8 Å². The molecule has 2 rings (SSSR count). The van der Waals surface area contributed by atoms with Crippen LogP contribution in [0.3, 0.4) is 0 Å². The first-order valence-electron chi connectivity index (χ1n) is 7.32. The van der Waals surface area contributed by atoms with Gasteiger partial charge in [0.2, 0.25) is 5.78 Å². The molecule has 0 heterocycles. The van der Waals surface area contributed by atoms with Crippen LogP contribution in [0, 0.1) is 30.9 Å². The minimum Gasteiger partial charge on any atom is -0.454 e. The average molecular weight is 327 g/mol. The van der Waals surface area contributed by atoms with Crippen molar-refractivity contribution in [1.82, 2.24) is 0 Å². The van der Waals surface area contributed by atoms with Crippen LogP contribution >= 0.6 is 0 Å². The summed E-state index contributed by atoms with van der Waals surface area (Å²) in [5.41, 5.74) is 3.47. The zero-order chi connectivity index (χ0) is 17.9. The topological polar surface area (TPSA) is 86.5 Å². The number of esters is 1. The van der Waals surface area contributed by atoms with Crippen LogP contribution in [-0.4, -0.2) is 23.3 Å². The van der Waals surface area contributed by atoms with Crippen LogP contribution in [-0.2, 0) is 4.74 Å². The maximum Gasteiger partial charge on any atom is 0.338 e. The molecule has 6 nitrogen and oxygen atoms in total. The Hall–Kier alpha value is -3.02. The molecule has 0 saturated heterocycles. The lowest BCUT2D eigenvalue weighted by Gasteiger charge is -2.09. The molecule has 0 aliphatic heterocycles. The van der Waals surface area contributed by atoms with Gasteiger partial charge in [0, 0.05) is 17.7 Å². The van der Waals surface area contributed by atoms with Gasteiger partial charge in [-0.3, -0.25) is 14.9 Å². The van der Waals surface area contributed by atoms with E-state index in [0.29, 0.717) is 5.56 Å². The molecule has 0 aliphatic rings. The number of benzene rings is 2. The quantitative estimate of drug-likeness (QED) is 0.363. The van der Waals surface area contributed by atoms with Crippen LogP contribution in [0.25, 0.3) is 0 Å². The summed E-state index contributed by atoms with van der Waals surface area (Å²) in [5.74, 6) is -0.981. The number of ketones is 1. The number of rotatable bonds is 5. The molecule has 0 saturated carbocycles. The molecule has 2 aromatic rings. The van der Waals surface area contributed by atoms with Crippen LogP contribution in [0.2, 0.25) is 0 Å². The van der Waals surface area contributed by atoms with E-state index >= 15 is 0 Å². The summed E-state index contributed by atoms with van der Waals surface area (Å²) in [6.45, 7) is 5.33. The van der Waals surface area contributed by atoms with Crippen molar-refractivity contribution in [2.24, 2.45) is 0 Å². The zero-order valence-corrected chi connectivity index (χ0v) is 13.7. The summed E-state index contributed by atoms with van der Waals surface area (Å²) in [6, 6.07) is 8.73. The number of aryl methyl sites for hydroxylation is 3. The maximum absolute atomic E-state index is 12.2. The van der Waals surface area contributed by atoms with Gasteiger partial charge >= 0.3 is 5.97 Å². The van der Waals surface area contributed by atoms with Gasteiger partial charge in [-0.05, 0) is 55.7 Å². The van der Waals surface area contributed by atoms with E-state index in [9.17, 15) is 19.7 Å². The highest BCUT2D eigenvalue weighted by molar-refractivity contribution is 6.00. The molecular formula is C18H17NO5. The first-order valence-corrected chi connectivity index (χ1v) is 7.32. The van der Waals surface area contributed by atoms with E-state index in [-0.39, 0.29) is 23.6 Å². The maximum atomic E-state index is 12.2. The SMILES string of the molecule is Cc1cc(C)c(C(=O)COC(=O)c2ccc([N+](=O)[O-])cc2)cc1C. The van der Waals surface area contributed by atoms with Crippen LogP contribution in [0.4, 0.5) is 5.69 Å². The lowest BCUT2D eigenvalue weighted by Crippen LogP contribution is -2.15. The van der Waals surface area contributed by atoms with Gasteiger partial charge in [0.25, 0.3) is 5.69 Å². The van der Waals surface area contributed by atoms with Crippen LogP contribution in [0.1, 0.15) is 37.4 Å². The summed E-state index contributed by atoms with van der Waals surface area (Å²) in [4.78, 5) is 34.2. The van der Waals surface area contributed by atoms with E-state index in [1.54, 1.807) is 6.07 Å². The van der Waals surface area contributed by atoms with Gasteiger partial charge < -0.3 is 4.74 Å². The minimum atomic E-state index is -0.695. The molecule has 0 spiro atoms. The van der Waals surface area contributed by atoms with Crippen molar-refractivity contribution in [3.8, 4) is 0 Å². The van der Waals surface area contributed by atoms with Gasteiger partial charge in [-0.2, -0.15) is 0 Å². The monoisotopic (exact) mass is 327 g/mol. The summed E-state index contributed by atoms with van der Waals surface area (Å²) >= 11 is 0. The number of hydrogen-bond donors (Lipinski definition) is 0. The Morgan fingerprint density at radius 3 is 2.17 bits per heavy atom. The largest absolute Gasteiger partial charge is 0.454 e. The Morgan fingerprint density at radius 2 is 1.58 bits per heavy atom. The predicted molar refractivity (Wildman–Crippen MR) is 88.4 cm³/mol. The van der Waals surface area contributed by atoms with Gasteiger partial charge in [0.05, 0.1) is 10.5 Å². The first kappa shape index (κ1) is 17.3. The number of carbonyl (C=O) groups is 2. The second-order valence-electron chi connectivity index (χ2n) is 5.55. The fourth-order valence-electron chi connectivity index (χ4n) is 2.27. The van der Waals surface area contributed by atoms with E-state index < -0.39 is 10.9 Å². The molecule has 124 valence electrons. The third kappa shape index (κ3) is 3.84. The summed E-state index contributed by atoms with van der Waals surface area (Å²) < 4.78 is 5.01. The molecule has 0 radical (unpaired) electrons. The third-order valence-electron chi connectivity index (χ3n) is 3.79. The van der Waals surface area contributed by atoms with Gasteiger partial charge in [-0.1, -0.05) is 6.07 Å². The Morgan fingerprint density at radius 1 is 1.00 bits per heavy atom. The Bertz CT molecular complexity index is 809. The molecule has 6 heteroatoms. The van der Waals surface area contributed by atoms with Crippen molar-refractivity contribution in [1.29, 1.82) is 0 Å². The van der Waals surface area contributed by atoms with E-state index in [4.69, 9.17) is 4.74 Å². The Kier molecular flexibility index (Phi) is 5.08. The number of nitro groups is 1. The summed E-state index contributed by atoms with van der Waals surface area (Å²) in [5, 5.41) is 10.6. The summed E-state index contributed by atoms with van der Waals surface area (Å²) in [6.07, 6.45) is 0. The molecule has 0 aliphatic carbocycles. The highest BCUT2D eigenvalue weighted by Gasteiger charge is 2.15. The fraction of sp³-hybridized carbons (Fsp3) is 0.222. The molecule has 2 aromatic carbocycles. The number of non-ortho nitro benzene ring substituents is 1. The number of nitro benzene ring substituents is 1. The average Bonchev–Trinajstić information content (AvgIpc) is 2.55. The molecule has 24 heavy (non-hydrogen) atoms. The van der Waals surface area contributed by atoms with Crippen molar-refractivity contribution < 1.29 is 19.2 Å². The molecule has 0 atom stereocenters. The highest BCUT2D eigenvalue weighted by Crippen LogP contribution is 2.17. The standard InChI is InChI=1S/C18H17NO5/c1-11-8-13(3)16(9-12(11)2)17(20)10-24-18(21)14-4-6-15(7-5-14)19(22)23/h4-9H,10H2,1-3H3. The number of nitrogens with zero attached hydrogens (tertiary/aromatic N) is 1. The lowest BCUT2D eigenvalue weighted by molar-refractivity contribution is -0.384. The lowest BCUT2D eigenvalue weighted by atomic mass is 9.98. The molecule has 0 N–H and O–H groups in total. The van der Waals surface area contributed by atoms with Crippen molar-refractivity contribution in [2.45, 2.75) is 20.8 Å². The second kappa shape index (κ2) is 7.04. The molecule has 0 amide bonds. The van der Waals surface area contributed by atoms with Crippen LogP contribution < -0.4 is 0 Å². The molecular weight excluding hydrogens is 310 g/mol. The van der Waals surface area contributed by atoms with E-state index in [0.717, 1.165) is 16.7 Å². The zero-order valence-electron chi connectivity index (χ0n) is 13.7. The predicted octanol–water partition coefficient (Wildman–Crippen LogP) is 3.56. The first-order chi connectivity index (χ1) is 11.3. The van der Waals surface area contributed by atoms with Crippen molar-refractivity contribution in [3.63, 3.8) is 0 Å². The smallest absolute Gasteiger partial charge is 0.338 e. The van der Waals surface area contributed by atoms with Crippen molar-refractivity contribution in [2.75, 3.05) is 6.61 Å². The minimum absolute atomic E-state index is 0.117. The molecule has 0 unspecified atom stereocenters. The van der Waals surface area contributed by atoms with Gasteiger partial charge in [0.15, 0.2) is 6.61 Å². The molecule has 0 bridgehead atoms. The number of ether oxygens (including phenoxy) is 1. The molecule has 0 fully saturated rings. The van der Waals surface area contributed by atoms with E-state index in [2.05, 4.69) is 0 Å². The van der Waals surface area contributed by atoms with Gasteiger partial charge in [-0.25, -0.2) is 4.79 Å². The second-order valence-corrected chi connectivity index (χ2v) is 5.55. The van der Waals surface area contributed by atoms with Gasteiger partial charge in [0.1, 0.15) is 0 Å².